The average Bonchev–Trinajstić information content (AvgIpc) is 2.40. The number of piperidine rings is 1. The number of hydrogen-bond donors (Lipinski definition) is 1. The number of carbonyl (C=O) groups is 1. The summed E-state index contributed by atoms with van der Waals surface area (Å²) in [6, 6.07) is 0.222. The third-order valence-electron chi connectivity index (χ3n) is 5.14. The lowest BCUT2D eigenvalue weighted by Gasteiger charge is -2.44. The van der Waals surface area contributed by atoms with Crippen molar-refractivity contribution in [2.24, 2.45) is 11.1 Å². The molecule has 110 valence electrons. The minimum atomic E-state index is 0.222. The summed E-state index contributed by atoms with van der Waals surface area (Å²) in [5, 5.41) is 0. The van der Waals surface area contributed by atoms with Crippen molar-refractivity contribution >= 4 is 5.91 Å². The fourth-order valence-electron chi connectivity index (χ4n) is 3.77. The molecule has 0 aromatic carbocycles. The zero-order valence-corrected chi connectivity index (χ0v) is 12.5. The van der Waals surface area contributed by atoms with Crippen LogP contribution in [-0.2, 0) is 4.79 Å². The maximum Gasteiger partial charge on any atom is 0.222 e. The minimum absolute atomic E-state index is 0.222. The minimum Gasteiger partial charge on any atom is -0.343 e. The van der Waals surface area contributed by atoms with Crippen molar-refractivity contribution in [3.05, 3.63) is 0 Å². The fraction of sp³-hybridized carbons (Fsp3) is 0.938. The number of hydrogen-bond acceptors (Lipinski definition) is 2. The molecular weight excluding hydrogens is 236 g/mol. The predicted octanol–water partition coefficient (Wildman–Crippen LogP) is 3.08. The van der Waals surface area contributed by atoms with Gasteiger partial charge in [0.15, 0.2) is 0 Å². The SMILES string of the molecule is CC(N)CCCC(=O)N1CCC2(CCCCC2)CC1. The van der Waals surface area contributed by atoms with E-state index in [0.29, 0.717) is 17.7 Å². The Kier molecular flexibility index (Phi) is 5.26. The second-order valence-corrected chi connectivity index (χ2v) is 6.81. The summed E-state index contributed by atoms with van der Waals surface area (Å²) in [6.07, 6.45) is 12.1. The van der Waals surface area contributed by atoms with Crippen LogP contribution < -0.4 is 5.73 Å². The Labute approximate surface area is 117 Å². The third kappa shape index (κ3) is 4.20. The highest BCUT2D eigenvalue weighted by atomic mass is 16.2. The molecule has 2 rings (SSSR count). The van der Waals surface area contributed by atoms with Gasteiger partial charge in [-0.2, -0.15) is 0 Å². The van der Waals surface area contributed by atoms with Crippen molar-refractivity contribution in [1.29, 1.82) is 0 Å². The lowest BCUT2D eigenvalue weighted by atomic mass is 9.68. The van der Waals surface area contributed by atoms with E-state index in [1.807, 2.05) is 6.92 Å². The molecule has 0 radical (unpaired) electrons. The monoisotopic (exact) mass is 266 g/mol. The van der Waals surface area contributed by atoms with Gasteiger partial charge in [-0.15, -0.1) is 0 Å². The van der Waals surface area contributed by atoms with Crippen LogP contribution in [0.4, 0.5) is 0 Å². The molecule has 2 aliphatic rings. The van der Waals surface area contributed by atoms with Crippen LogP contribution in [0.15, 0.2) is 0 Å². The number of carbonyl (C=O) groups excluding carboxylic acids is 1. The molecule has 1 amide bonds. The molecule has 1 unspecified atom stereocenters. The van der Waals surface area contributed by atoms with E-state index in [1.165, 1.54) is 44.9 Å². The van der Waals surface area contributed by atoms with E-state index in [1.54, 1.807) is 0 Å². The first-order valence-electron chi connectivity index (χ1n) is 8.15. The summed E-state index contributed by atoms with van der Waals surface area (Å²) in [6.45, 7) is 4.01. The zero-order valence-electron chi connectivity index (χ0n) is 12.5. The molecule has 1 aliphatic heterocycles. The molecule has 3 nitrogen and oxygen atoms in total. The largest absolute Gasteiger partial charge is 0.343 e. The van der Waals surface area contributed by atoms with E-state index in [9.17, 15) is 4.79 Å². The first-order chi connectivity index (χ1) is 9.11. The number of nitrogens with zero attached hydrogens (tertiary/aromatic N) is 1. The van der Waals surface area contributed by atoms with Crippen LogP contribution in [0.25, 0.3) is 0 Å². The van der Waals surface area contributed by atoms with Crippen molar-refractivity contribution in [2.75, 3.05) is 13.1 Å². The quantitative estimate of drug-likeness (QED) is 0.850. The highest BCUT2D eigenvalue weighted by Gasteiger charge is 2.36. The van der Waals surface area contributed by atoms with E-state index in [4.69, 9.17) is 5.73 Å². The van der Waals surface area contributed by atoms with Gasteiger partial charge in [-0.3, -0.25) is 4.79 Å². The molecule has 19 heavy (non-hydrogen) atoms. The van der Waals surface area contributed by atoms with Crippen LogP contribution in [0.3, 0.4) is 0 Å². The van der Waals surface area contributed by atoms with E-state index in [2.05, 4.69) is 4.90 Å². The third-order valence-corrected chi connectivity index (χ3v) is 5.14. The summed E-state index contributed by atoms with van der Waals surface area (Å²) in [4.78, 5) is 14.2. The summed E-state index contributed by atoms with van der Waals surface area (Å²) >= 11 is 0. The lowest BCUT2D eigenvalue weighted by molar-refractivity contribution is -0.134. The van der Waals surface area contributed by atoms with Gasteiger partial charge in [0.05, 0.1) is 0 Å². The molecule has 1 spiro atoms. The van der Waals surface area contributed by atoms with Gasteiger partial charge < -0.3 is 10.6 Å². The summed E-state index contributed by atoms with van der Waals surface area (Å²) in [7, 11) is 0. The Hall–Kier alpha value is -0.570. The molecule has 1 aliphatic carbocycles. The van der Waals surface area contributed by atoms with Crippen LogP contribution in [-0.4, -0.2) is 29.9 Å². The van der Waals surface area contributed by atoms with Crippen LogP contribution >= 0.6 is 0 Å². The van der Waals surface area contributed by atoms with Gasteiger partial charge in [0.25, 0.3) is 0 Å². The number of nitrogens with two attached hydrogens (primary N) is 1. The first-order valence-corrected chi connectivity index (χ1v) is 8.15. The van der Waals surface area contributed by atoms with Crippen molar-refractivity contribution in [3.63, 3.8) is 0 Å². The van der Waals surface area contributed by atoms with Gasteiger partial charge >= 0.3 is 0 Å². The number of rotatable bonds is 4. The van der Waals surface area contributed by atoms with Crippen LogP contribution in [0.1, 0.15) is 71.1 Å². The topological polar surface area (TPSA) is 46.3 Å². The summed E-state index contributed by atoms with van der Waals surface area (Å²) in [5.41, 5.74) is 6.32. The van der Waals surface area contributed by atoms with E-state index >= 15 is 0 Å². The fourth-order valence-corrected chi connectivity index (χ4v) is 3.77. The van der Waals surface area contributed by atoms with Gasteiger partial charge in [-0.05, 0) is 50.9 Å². The number of amides is 1. The van der Waals surface area contributed by atoms with Crippen LogP contribution in [0.5, 0.6) is 0 Å². The molecule has 3 heteroatoms. The lowest BCUT2D eigenvalue weighted by Crippen LogP contribution is -2.43. The Morgan fingerprint density at radius 1 is 1.16 bits per heavy atom. The van der Waals surface area contributed by atoms with Crippen molar-refractivity contribution in [2.45, 2.75) is 77.2 Å². The van der Waals surface area contributed by atoms with E-state index in [-0.39, 0.29) is 6.04 Å². The molecular formula is C16H30N2O. The van der Waals surface area contributed by atoms with Gasteiger partial charge in [-0.25, -0.2) is 0 Å². The number of likely N-dealkylation sites (tertiary alicyclic amines) is 1. The Morgan fingerprint density at radius 3 is 2.37 bits per heavy atom. The van der Waals surface area contributed by atoms with Gasteiger partial charge in [-0.1, -0.05) is 19.3 Å². The second kappa shape index (κ2) is 6.74. The smallest absolute Gasteiger partial charge is 0.222 e. The summed E-state index contributed by atoms with van der Waals surface area (Å²) in [5.74, 6) is 0.353. The molecule has 1 saturated carbocycles. The predicted molar refractivity (Wildman–Crippen MR) is 78.8 cm³/mol. The summed E-state index contributed by atoms with van der Waals surface area (Å²) < 4.78 is 0. The van der Waals surface area contributed by atoms with E-state index in [0.717, 1.165) is 25.9 Å². The first kappa shape index (κ1) is 14.8. The standard InChI is InChI=1S/C16H30N2O/c1-14(17)6-5-7-15(19)18-12-10-16(11-13-18)8-3-2-4-9-16/h14H,2-13,17H2,1H3. The molecule has 1 heterocycles. The van der Waals surface area contributed by atoms with Crippen LogP contribution in [0.2, 0.25) is 0 Å². The van der Waals surface area contributed by atoms with Crippen molar-refractivity contribution < 1.29 is 4.79 Å². The van der Waals surface area contributed by atoms with Crippen molar-refractivity contribution in [3.8, 4) is 0 Å². The maximum absolute atomic E-state index is 12.1. The molecule has 0 bridgehead atoms. The van der Waals surface area contributed by atoms with Crippen molar-refractivity contribution in [1.82, 2.24) is 4.90 Å². The molecule has 2 fully saturated rings. The molecule has 1 saturated heterocycles. The Balaban J connectivity index is 1.71. The zero-order chi connectivity index (χ0) is 13.7. The molecule has 0 aromatic heterocycles. The van der Waals surface area contributed by atoms with E-state index < -0.39 is 0 Å². The van der Waals surface area contributed by atoms with Gasteiger partial charge in [0.1, 0.15) is 0 Å². The molecule has 1 atom stereocenters. The molecule has 0 aromatic rings. The highest BCUT2D eigenvalue weighted by Crippen LogP contribution is 2.44. The normalized spacial score (nSPS) is 24.4. The Morgan fingerprint density at radius 2 is 1.79 bits per heavy atom. The van der Waals surface area contributed by atoms with Crippen LogP contribution in [0, 0.1) is 5.41 Å². The molecule has 2 N–H and O–H groups in total. The van der Waals surface area contributed by atoms with Gasteiger partial charge in [0.2, 0.25) is 5.91 Å². The highest BCUT2D eigenvalue weighted by molar-refractivity contribution is 5.76. The average molecular weight is 266 g/mol. The Bertz CT molecular complexity index is 285. The van der Waals surface area contributed by atoms with Gasteiger partial charge in [0, 0.05) is 25.6 Å². The maximum atomic E-state index is 12.1. The second-order valence-electron chi connectivity index (χ2n) is 6.81.